The molecule has 15 heteroatoms. The zero-order valence-corrected chi connectivity index (χ0v) is 68.5. The van der Waals surface area contributed by atoms with E-state index in [-0.39, 0.29) is 18.9 Å². The van der Waals surface area contributed by atoms with Crippen LogP contribution in [-0.4, -0.2) is 122 Å². The molecule has 0 amide bonds. The predicted molar refractivity (Wildman–Crippen MR) is 381 cm³/mol. The van der Waals surface area contributed by atoms with Crippen LogP contribution in [0.25, 0.3) is 0 Å². The van der Waals surface area contributed by atoms with Gasteiger partial charge in [0, 0.05) is 98.6 Å². The maximum Gasteiger partial charge on any atom is 1.00 e. The second-order valence-corrected chi connectivity index (χ2v) is 112. The minimum Gasteiger partial charge on any atom is -0.381 e. The van der Waals surface area contributed by atoms with Gasteiger partial charge in [-0.25, -0.2) is 0 Å². The molecule has 0 N–H and O–H groups in total. The molecule has 0 aliphatic carbocycles. The summed E-state index contributed by atoms with van der Waals surface area (Å²) in [6.07, 6.45) is 5.11. The van der Waals surface area contributed by atoms with Crippen molar-refractivity contribution in [3.8, 4) is 0 Å². The van der Waals surface area contributed by atoms with Crippen LogP contribution in [0.3, 0.4) is 0 Å². The molecule has 3 aliphatic heterocycles. The monoisotopic (exact) mass is 1230 g/mol. The molecule has 3 aromatic rings. The van der Waals surface area contributed by atoms with Crippen LogP contribution >= 0.6 is 0 Å². The predicted octanol–water partition coefficient (Wildman–Crippen LogP) is 17.4. The zero-order chi connectivity index (χ0) is 58.4. The summed E-state index contributed by atoms with van der Waals surface area (Å²) in [5.74, 6) is 0. The molecular formula is C61H127LiO2Si12. The first-order chi connectivity index (χ1) is 33.9. The van der Waals surface area contributed by atoms with E-state index in [9.17, 15) is 0 Å². The topological polar surface area (TPSA) is 18.5 Å². The Balaban J connectivity index is 0.00000151. The quantitative estimate of drug-likeness (QED) is 0.141. The van der Waals surface area contributed by atoms with Crippen molar-refractivity contribution in [1.29, 1.82) is 0 Å². The SMILES string of the molecule is C1CCOC1.C1CCOC1.CC(C)[Si]([SiH-][Si@]1(C)C([Si](C)(C)C)([Si](C)(C)C)[Si@@]1(C(C)C)C([Si](C)(C)C)[Si](C)(C)C)(C([Si](C)(C)C)[Si](C)(C)C)C([Si](C)(C)C)[Si](C)(C)C.[Li+].c1ccccc1.c1ccccc1.c1ccccc1. The second-order valence-electron chi connectivity index (χ2n) is 32.4. The van der Waals surface area contributed by atoms with Crippen molar-refractivity contribution in [1.82, 2.24) is 0 Å². The van der Waals surface area contributed by atoms with Crippen LogP contribution < -0.4 is 18.9 Å². The Kier molecular flexibility index (Phi) is 31.4. The van der Waals surface area contributed by atoms with Crippen molar-refractivity contribution in [3.63, 3.8) is 0 Å². The van der Waals surface area contributed by atoms with Crippen LogP contribution in [0.1, 0.15) is 53.4 Å². The van der Waals surface area contributed by atoms with Crippen LogP contribution in [0, 0.1) is 0 Å². The first kappa shape index (κ1) is 76.8. The van der Waals surface area contributed by atoms with Crippen molar-refractivity contribution in [2.24, 2.45) is 0 Å². The van der Waals surface area contributed by atoms with Gasteiger partial charge in [0.05, 0.1) is 0 Å². The van der Waals surface area contributed by atoms with E-state index in [1.54, 1.807) is 0 Å². The molecule has 432 valence electrons. The maximum atomic E-state index is 4.94. The fraction of sp³-hybridized carbons (Fsp3) is 0.705. The summed E-state index contributed by atoms with van der Waals surface area (Å²) in [7, 11) is -16.3. The van der Waals surface area contributed by atoms with E-state index in [1.807, 2.05) is 109 Å². The van der Waals surface area contributed by atoms with E-state index in [0.717, 1.165) is 51.0 Å². The van der Waals surface area contributed by atoms with Crippen LogP contribution in [0.2, 0.25) is 193 Å². The van der Waals surface area contributed by atoms with Gasteiger partial charge in [-0.2, -0.15) is 0 Å². The third kappa shape index (κ3) is 19.7. The van der Waals surface area contributed by atoms with Crippen molar-refractivity contribution in [3.05, 3.63) is 109 Å². The Morgan fingerprint density at radius 3 is 0.697 bits per heavy atom. The first-order valence-electron chi connectivity index (χ1n) is 30.0. The summed E-state index contributed by atoms with van der Waals surface area (Å²) in [6, 6.07) is 36.0. The summed E-state index contributed by atoms with van der Waals surface area (Å²) < 4.78 is 10.8. The average molecular weight is 1240 g/mol. The molecule has 3 fully saturated rings. The fourth-order valence-corrected chi connectivity index (χ4v) is 285. The Labute approximate surface area is 501 Å². The van der Waals surface area contributed by atoms with Gasteiger partial charge in [-0.1, -0.05) is 330 Å². The smallest absolute Gasteiger partial charge is 0.381 e. The molecule has 0 bridgehead atoms. The van der Waals surface area contributed by atoms with Crippen LogP contribution in [0.15, 0.2) is 109 Å². The average Bonchev–Trinajstić information content (AvgIpc) is 3.86. The van der Waals surface area contributed by atoms with E-state index >= 15 is 0 Å². The number of benzene rings is 3. The number of hydrogen-bond donors (Lipinski definition) is 0. The Morgan fingerprint density at radius 2 is 0.579 bits per heavy atom. The van der Waals surface area contributed by atoms with Gasteiger partial charge < -0.3 is 9.47 Å². The van der Waals surface area contributed by atoms with Crippen molar-refractivity contribution < 1.29 is 28.3 Å². The molecule has 3 saturated heterocycles. The van der Waals surface area contributed by atoms with Gasteiger partial charge in [0.15, 0.2) is 0 Å². The number of hydrogen-bond acceptors (Lipinski definition) is 2. The zero-order valence-electron chi connectivity index (χ0n) is 56.3. The van der Waals surface area contributed by atoms with Gasteiger partial charge in [0.1, 0.15) is 0 Å². The minimum atomic E-state index is -1.79. The second kappa shape index (κ2) is 31.1. The standard InChI is InChI=1S/C35H93Si12.3C6H6.2C4H8O.Li/c1-30(2)46(32(37(5,6)7)38(8,9)10,33(39(11,12)13)40(14,15)16)36-45(29)35(43(23,24)25,44(26,27)28)47(45,31(3)4)34(41(17,18)19)42(20,21)22;3*1-2-4-6-5-3-1;2*1-2-4-5-3-1;/h30-34,36H,1-29H3;3*1-6H;2*1-4H2;/q-1;;;;;;+1/t45-,47+;;;;;;/m0....../s1. The number of rotatable bonds is 15. The van der Waals surface area contributed by atoms with E-state index in [2.05, 4.69) is 191 Å². The third-order valence-electron chi connectivity index (χ3n) is 17.2. The summed E-state index contributed by atoms with van der Waals surface area (Å²) in [6.45, 7) is 88.8. The largest absolute Gasteiger partial charge is 1.00 e. The molecule has 0 aromatic heterocycles. The third-order valence-corrected chi connectivity index (χ3v) is 153. The molecule has 0 unspecified atom stereocenters. The molecule has 0 spiro atoms. The molecule has 0 saturated carbocycles. The van der Waals surface area contributed by atoms with Gasteiger partial charge in [0.25, 0.3) is 0 Å². The summed E-state index contributed by atoms with van der Waals surface area (Å²) in [5, 5.41) is 0. The molecular weight excluding hydrogens is 1110 g/mol. The van der Waals surface area contributed by atoms with Gasteiger partial charge in [-0.15, -0.1) is 14.7 Å². The Morgan fingerprint density at radius 1 is 0.368 bits per heavy atom. The Hall–Kier alpha value is 0.780. The molecule has 3 aliphatic rings. The van der Waals surface area contributed by atoms with Crippen LogP contribution in [0.4, 0.5) is 0 Å². The molecule has 3 heterocycles. The molecule has 2 atom stereocenters. The van der Waals surface area contributed by atoms with Gasteiger partial charge in [0.2, 0.25) is 0 Å². The summed E-state index contributed by atoms with van der Waals surface area (Å²) in [4.78, 5) is 3.49. The molecule has 0 radical (unpaired) electrons. The first-order valence-corrected chi connectivity index (χ1v) is 69.9. The molecule has 3 aromatic carbocycles. The van der Waals surface area contributed by atoms with Crippen LogP contribution in [-0.2, 0) is 9.47 Å². The van der Waals surface area contributed by atoms with E-state index in [4.69, 9.17) is 9.47 Å². The van der Waals surface area contributed by atoms with Gasteiger partial charge >= 0.3 is 18.9 Å². The molecule has 6 rings (SSSR count). The number of ether oxygens (including phenoxy) is 2. The maximum absolute atomic E-state index is 4.94. The minimum absolute atomic E-state index is 0. The van der Waals surface area contributed by atoms with E-state index < -0.39 is 86.9 Å². The van der Waals surface area contributed by atoms with Crippen molar-refractivity contribution in [2.45, 2.75) is 246 Å². The van der Waals surface area contributed by atoms with Crippen molar-refractivity contribution in [2.75, 3.05) is 26.4 Å². The van der Waals surface area contributed by atoms with Gasteiger partial charge in [-0.3, -0.25) is 8.55 Å². The normalized spacial score (nSPS) is 20.1. The Bertz CT molecular complexity index is 1710. The van der Waals surface area contributed by atoms with E-state index in [1.165, 1.54) is 30.5 Å². The van der Waals surface area contributed by atoms with Crippen LogP contribution in [0.5, 0.6) is 0 Å². The summed E-state index contributed by atoms with van der Waals surface area (Å²) >= 11 is 0. The molecule has 2 nitrogen and oxygen atoms in total. The molecule has 76 heavy (non-hydrogen) atoms. The van der Waals surface area contributed by atoms with Crippen molar-refractivity contribution >= 4 is 95.4 Å². The van der Waals surface area contributed by atoms with Gasteiger partial charge in [-0.05, 0) is 25.7 Å². The summed E-state index contributed by atoms with van der Waals surface area (Å²) in [5.41, 5.74) is 1.92. The van der Waals surface area contributed by atoms with E-state index in [0.29, 0.717) is 8.55 Å². The fourth-order valence-electron chi connectivity index (χ4n) is 18.9.